The SMILES string of the molecule is CN(C)CCc1ccccc1Sc1ccc(Cl)c(Cl)c1. The van der Waals surface area contributed by atoms with Crippen molar-refractivity contribution in [1.29, 1.82) is 0 Å². The minimum atomic E-state index is 0.594. The summed E-state index contributed by atoms with van der Waals surface area (Å²) in [5.74, 6) is 0. The van der Waals surface area contributed by atoms with Crippen LogP contribution in [0.1, 0.15) is 5.56 Å². The third-order valence-electron chi connectivity index (χ3n) is 2.92. The molecule has 0 atom stereocenters. The fraction of sp³-hybridized carbons (Fsp3) is 0.250. The van der Waals surface area contributed by atoms with Gasteiger partial charge in [0.25, 0.3) is 0 Å². The number of hydrogen-bond donors (Lipinski definition) is 0. The quantitative estimate of drug-likeness (QED) is 0.738. The van der Waals surface area contributed by atoms with E-state index in [1.807, 2.05) is 18.2 Å². The lowest BCUT2D eigenvalue weighted by molar-refractivity contribution is 0.412. The van der Waals surface area contributed by atoms with Gasteiger partial charge in [-0.15, -0.1) is 0 Å². The fourth-order valence-electron chi connectivity index (χ4n) is 1.82. The van der Waals surface area contributed by atoms with Crippen LogP contribution in [0.3, 0.4) is 0 Å². The zero-order valence-electron chi connectivity index (χ0n) is 11.6. The maximum absolute atomic E-state index is 6.07. The third-order valence-corrected chi connectivity index (χ3v) is 4.77. The van der Waals surface area contributed by atoms with Crippen molar-refractivity contribution >= 4 is 35.0 Å². The summed E-state index contributed by atoms with van der Waals surface area (Å²) in [7, 11) is 4.18. The van der Waals surface area contributed by atoms with Crippen LogP contribution >= 0.6 is 35.0 Å². The predicted octanol–water partition coefficient (Wildman–Crippen LogP) is 5.25. The molecular weight excluding hydrogens is 309 g/mol. The van der Waals surface area contributed by atoms with Gasteiger partial charge in [0.05, 0.1) is 10.0 Å². The van der Waals surface area contributed by atoms with Crippen molar-refractivity contribution in [2.24, 2.45) is 0 Å². The van der Waals surface area contributed by atoms with Crippen molar-refractivity contribution in [3.63, 3.8) is 0 Å². The van der Waals surface area contributed by atoms with Crippen LogP contribution in [-0.2, 0) is 6.42 Å². The summed E-state index contributed by atoms with van der Waals surface area (Å²) in [6.07, 6.45) is 1.04. The van der Waals surface area contributed by atoms with Gasteiger partial charge in [0.15, 0.2) is 0 Å². The fourth-order valence-corrected chi connectivity index (χ4v) is 3.20. The Morgan fingerprint density at radius 2 is 1.75 bits per heavy atom. The van der Waals surface area contributed by atoms with Crippen molar-refractivity contribution in [3.8, 4) is 0 Å². The second-order valence-electron chi connectivity index (χ2n) is 4.84. The summed E-state index contributed by atoms with van der Waals surface area (Å²) >= 11 is 13.8. The van der Waals surface area contributed by atoms with Crippen LogP contribution in [0.2, 0.25) is 10.0 Å². The number of benzene rings is 2. The highest BCUT2D eigenvalue weighted by Gasteiger charge is 2.06. The monoisotopic (exact) mass is 325 g/mol. The topological polar surface area (TPSA) is 3.24 Å². The van der Waals surface area contributed by atoms with Gasteiger partial charge >= 0.3 is 0 Å². The van der Waals surface area contributed by atoms with Crippen LogP contribution in [0.15, 0.2) is 52.3 Å². The summed E-state index contributed by atoms with van der Waals surface area (Å²) in [6, 6.07) is 14.2. The maximum atomic E-state index is 6.07. The molecule has 0 unspecified atom stereocenters. The average Bonchev–Trinajstić information content (AvgIpc) is 2.42. The Balaban J connectivity index is 2.17. The van der Waals surface area contributed by atoms with Gasteiger partial charge in [-0.1, -0.05) is 53.2 Å². The first kappa shape index (κ1) is 15.7. The Morgan fingerprint density at radius 1 is 1.00 bits per heavy atom. The molecule has 0 spiro atoms. The van der Waals surface area contributed by atoms with E-state index in [1.54, 1.807) is 11.8 Å². The predicted molar refractivity (Wildman–Crippen MR) is 89.3 cm³/mol. The summed E-state index contributed by atoms with van der Waals surface area (Å²) in [6.45, 7) is 1.04. The van der Waals surface area contributed by atoms with Crippen LogP contribution in [0.25, 0.3) is 0 Å². The zero-order valence-corrected chi connectivity index (χ0v) is 13.9. The van der Waals surface area contributed by atoms with E-state index in [0.29, 0.717) is 10.0 Å². The molecule has 0 aliphatic heterocycles. The van der Waals surface area contributed by atoms with Gasteiger partial charge in [0.2, 0.25) is 0 Å². The molecule has 0 saturated heterocycles. The van der Waals surface area contributed by atoms with Gasteiger partial charge in [0.1, 0.15) is 0 Å². The van der Waals surface area contributed by atoms with Crippen molar-refractivity contribution in [1.82, 2.24) is 4.90 Å². The lowest BCUT2D eigenvalue weighted by atomic mass is 10.1. The molecule has 106 valence electrons. The minimum absolute atomic E-state index is 0.594. The maximum Gasteiger partial charge on any atom is 0.0603 e. The zero-order chi connectivity index (χ0) is 14.5. The summed E-state index contributed by atoms with van der Waals surface area (Å²) in [5.41, 5.74) is 1.36. The molecule has 2 rings (SSSR count). The van der Waals surface area contributed by atoms with Crippen molar-refractivity contribution < 1.29 is 0 Å². The lowest BCUT2D eigenvalue weighted by Crippen LogP contribution is -2.15. The molecule has 0 heterocycles. The molecule has 2 aromatic carbocycles. The molecule has 0 amide bonds. The van der Waals surface area contributed by atoms with E-state index in [-0.39, 0.29) is 0 Å². The first-order chi connectivity index (χ1) is 9.56. The standard InChI is InChI=1S/C16H17Cl2NS/c1-19(2)10-9-12-5-3-4-6-16(12)20-13-7-8-14(17)15(18)11-13/h3-8,11H,9-10H2,1-2H3. The van der Waals surface area contributed by atoms with E-state index in [2.05, 4.69) is 43.3 Å². The largest absolute Gasteiger partial charge is 0.309 e. The second-order valence-corrected chi connectivity index (χ2v) is 6.77. The highest BCUT2D eigenvalue weighted by atomic mass is 35.5. The molecule has 0 radical (unpaired) electrons. The van der Waals surface area contributed by atoms with Gasteiger partial charge in [-0.2, -0.15) is 0 Å². The first-order valence-corrected chi connectivity index (χ1v) is 7.99. The summed E-state index contributed by atoms with van der Waals surface area (Å²) in [4.78, 5) is 4.57. The van der Waals surface area contributed by atoms with E-state index in [0.717, 1.165) is 17.9 Å². The van der Waals surface area contributed by atoms with Crippen LogP contribution < -0.4 is 0 Å². The molecule has 2 aromatic rings. The van der Waals surface area contributed by atoms with Crippen molar-refractivity contribution in [2.45, 2.75) is 16.2 Å². The van der Waals surface area contributed by atoms with Gasteiger partial charge in [-0.25, -0.2) is 0 Å². The van der Waals surface area contributed by atoms with Gasteiger partial charge in [-0.05, 0) is 50.3 Å². The molecule has 0 fully saturated rings. The van der Waals surface area contributed by atoms with Crippen molar-refractivity contribution in [3.05, 3.63) is 58.1 Å². The van der Waals surface area contributed by atoms with E-state index in [1.165, 1.54) is 10.5 Å². The number of likely N-dealkylation sites (N-methyl/N-ethyl adjacent to an activating group) is 1. The number of nitrogens with zero attached hydrogens (tertiary/aromatic N) is 1. The third kappa shape index (κ3) is 4.42. The molecule has 1 nitrogen and oxygen atoms in total. The number of halogens is 2. The van der Waals surface area contributed by atoms with Gasteiger partial charge in [-0.3, -0.25) is 0 Å². The smallest absolute Gasteiger partial charge is 0.0603 e. The molecular formula is C16H17Cl2NS. The summed E-state index contributed by atoms with van der Waals surface area (Å²) < 4.78 is 0. The molecule has 4 heteroatoms. The van der Waals surface area contributed by atoms with Crippen molar-refractivity contribution in [2.75, 3.05) is 20.6 Å². The lowest BCUT2D eigenvalue weighted by Gasteiger charge is -2.13. The molecule has 0 bridgehead atoms. The number of hydrogen-bond acceptors (Lipinski definition) is 2. The normalized spacial score (nSPS) is 11.1. The van der Waals surface area contributed by atoms with E-state index >= 15 is 0 Å². The van der Waals surface area contributed by atoms with Crippen LogP contribution in [0.5, 0.6) is 0 Å². The van der Waals surface area contributed by atoms with E-state index in [9.17, 15) is 0 Å². The summed E-state index contributed by atoms with van der Waals surface area (Å²) in [5, 5.41) is 1.19. The minimum Gasteiger partial charge on any atom is -0.309 e. The Hall–Kier alpha value is -0.670. The van der Waals surface area contributed by atoms with E-state index in [4.69, 9.17) is 23.2 Å². The van der Waals surface area contributed by atoms with Crippen LogP contribution in [0, 0.1) is 0 Å². The highest BCUT2D eigenvalue weighted by Crippen LogP contribution is 2.34. The Bertz CT molecular complexity index is 584. The van der Waals surface area contributed by atoms with Gasteiger partial charge in [0, 0.05) is 16.3 Å². The molecule has 0 N–H and O–H groups in total. The molecule has 0 aliphatic rings. The molecule has 20 heavy (non-hydrogen) atoms. The highest BCUT2D eigenvalue weighted by molar-refractivity contribution is 7.99. The van der Waals surface area contributed by atoms with Crippen LogP contribution in [-0.4, -0.2) is 25.5 Å². The van der Waals surface area contributed by atoms with Gasteiger partial charge < -0.3 is 4.90 Å². The molecule has 0 saturated carbocycles. The Morgan fingerprint density at radius 3 is 2.45 bits per heavy atom. The van der Waals surface area contributed by atoms with E-state index < -0.39 is 0 Å². The van der Waals surface area contributed by atoms with Crippen LogP contribution in [0.4, 0.5) is 0 Å². The Kier molecular flexibility index (Phi) is 5.79. The molecule has 0 aliphatic carbocycles. The Labute approximate surface area is 134 Å². The first-order valence-electron chi connectivity index (χ1n) is 6.42. The number of rotatable bonds is 5. The molecule has 0 aromatic heterocycles. The average molecular weight is 326 g/mol. The second kappa shape index (κ2) is 7.37.